The molecule has 0 aliphatic rings. The van der Waals surface area contributed by atoms with Crippen molar-refractivity contribution in [3.63, 3.8) is 0 Å². The monoisotopic (exact) mass is 404 g/mol. The Hall–Kier alpha value is -3.16. The van der Waals surface area contributed by atoms with Crippen molar-refractivity contribution < 1.29 is 4.79 Å². The molecule has 0 fully saturated rings. The van der Waals surface area contributed by atoms with Gasteiger partial charge in [0.2, 0.25) is 0 Å². The summed E-state index contributed by atoms with van der Waals surface area (Å²) in [5.74, 6) is -0.300. The highest BCUT2D eigenvalue weighted by molar-refractivity contribution is 7.80. The van der Waals surface area contributed by atoms with E-state index < -0.39 is 0 Å². The number of aryl methyl sites for hydroxylation is 1. The van der Waals surface area contributed by atoms with Crippen molar-refractivity contribution in [2.45, 2.75) is 6.92 Å². The van der Waals surface area contributed by atoms with Crippen LogP contribution in [0.3, 0.4) is 0 Å². The number of nitrogens with zero attached hydrogens (tertiary/aromatic N) is 2. The van der Waals surface area contributed by atoms with Gasteiger partial charge >= 0.3 is 0 Å². The van der Waals surface area contributed by atoms with Crippen LogP contribution in [0.2, 0.25) is 0 Å². The summed E-state index contributed by atoms with van der Waals surface area (Å²) in [6.07, 6.45) is 3.11. The Morgan fingerprint density at radius 2 is 1.96 bits per heavy atom. The van der Waals surface area contributed by atoms with Crippen LogP contribution in [0.15, 0.2) is 67.0 Å². The SMILES string of the molecule is Cc1ccc(-c2nc3ccccc3s2)cc1NC(=S)NC(=O)c1cccnc1. The Labute approximate surface area is 171 Å². The van der Waals surface area contributed by atoms with Crippen LogP contribution in [-0.2, 0) is 0 Å². The molecule has 7 heteroatoms. The maximum Gasteiger partial charge on any atom is 0.258 e. The van der Waals surface area contributed by atoms with Gasteiger partial charge in [0, 0.05) is 23.6 Å². The molecule has 2 heterocycles. The van der Waals surface area contributed by atoms with E-state index in [-0.39, 0.29) is 11.0 Å². The molecule has 0 spiro atoms. The van der Waals surface area contributed by atoms with E-state index in [1.807, 2.05) is 43.3 Å². The number of rotatable bonds is 3. The van der Waals surface area contributed by atoms with Crippen molar-refractivity contribution in [1.29, 1.82) is 0 Å². The first-order valence-electron chi connectivity index (χ1n) is 8.59. The van der Waals surface area contributed by atoms with Crippen molar-refractivity contribution >= 4 is 50.5 Å². The highest BCUT2D eigenvalue weighted by Crippen LogP contribution is 2.32. The zero-order valence-electron chi connectivity index (χ0n) is 15.0. The zero-order valence-corrected chi connectivity index (χ0v) is 16.6. The van der Waals surface area contributed by atoms with E-state index in [0.717, 1.165) is 32.0 Å². The largest absolute Gasteiger partial charge is 0.332 e. The molecule has 0 saturated carbocycles. The molecule has 4 aromatic rings. The molecule has 0 aliphatic heterocycles. The van der Waals surface area contributed by atoms with Crippen LogP contribution < -0.4 is 10.6 Å². The van der Waals surface area contributed by atoms with Gasteiger partial charge in [-0.05, 0) is 55.0 Å². The lowest BCUT2D eigenvalue weighted by Crippen LogP contribution is -2.34. The minimum atomic E-state index is -0.300. The van der Waals surface area contributed by atoms with Gasteiger partial charge in [-0.2, -0.15) is 0 Å². The summed E-state index contributed by atoms with van der Waals surface area (Å²) in [4.78, 5) is 20.9. The van der Waals surface area contributed by atoms with Gasteiger partial charge in [0.25, 0.3) is 5.91 Å². The fraction of sp³-hybridized carbons (Fsp3) is 0.0476. The van der Waals surface area contributed by atoms with Gasteiger partial charge in [0.15, 0.2) is 5.11 Å². The third kappa shape index (κ3) is 3.90. The fourth-order valence-corrected chi connectivity index (χ4v) is 3.88. The Balaban J connectivity index is 1.54. The van der Waals surface area contributed by atoms with Gasteiger partial charge in [-0.15, -0.1) is 11.3 Å². The number of aromatic nitrogens is 2. The summed E-state index contributed by atoms with van der Waals surface area (Å²) in [7, 11) is 0. The lowest BCUT2D eigenvalue weighted by molar-refractivity contribution is 0.0977. The van der Waals surface area contributed by atoms with E-state index in [4.69, 9.17) is 17.2 Å². The summed E-state index contributed by atoms with van der Waals surface area (Å²) in [5, 5.41) is 6.97. The van der Waals surface area contributed by atoms with Gasteiger partial charge in [-0.1, -0.05) is 24.3 Å². The fourth-order valence-electron chi connectivity index (χ4n) is 2.71. The van der Waals surface area contributed by atoms with E-state index in [1.54, 1.807) is 29.7 Å². The Kier molecular flexibility index (Phi) is 5.10. The van der Waals surface area contributed by atoms with E-state index in [0.29, 0.717) is 5.56 Å². The third-order valence-electron chi connectivity index (χ3n) is 4.18. The van der Waals surface area contributed by atoms with Crippen molar-refractivity contribution in [3.05, 3.63) is 78.1 Å². The van der Waals surface area contributed by atoms with Crippen LogP contribution in [-0.4, -0.2) is 21.0 Å². The molecular formula is C21H16N4OS2. The number of fused-ring (bicyclic) bond motifs is 1. The third-order valence-corrected chi connectivity index (χ3v) is 5.47. The minimum Gasteiger partial charge on any atom is -0.332 e. The number of hydrogen-bond acceptors (Lipinski definition) is 5. The molecule has 2 aromatic heterocycles. The van der Waals surface area contributed by atoms with Crippen molar-refractivity contribution in [3.8, 4) is 10.6 Å². The average Bonchev–Trinajstić information content (AvgIpc) is 3.14. The van der Waals surface area contributed by atoms with Gasteiger partial charge in [-0.25, -0.2) is 4.98 Å². The second-order valence-electron chi connectivity index (χ2n) is 6.17. The number of nitrogens with one attached hydrogen (secondary N) is 2. The molecule has 0 saturated heterocycles. The van der Waals surface area contributed by atoms with E-state index in [1.165, 1.54) is 6.20 Å². The minimum absolute atomic E-state index is 0.235. The highest BCUT2D eigenvalue weighted by atomic mass is 32.1. The number of carbonyl (C=O) groups excluding carboxylic acids is 1. The number of thiazole rings is 1. The van der Waals surface area contributed by atoms with Crippen LogP contribution in [0, 0.1) is 6.92 Å². The summed E-state index contributed by atoms with van der Waals surface area (Å²) in [6.45, 7) is 1.98. The van der Waals surface area contributed by atoms with E-state index in [2.05, 4.69) is 21.7 Å². The summed E-state index contributed by atoms with van der Waals surface area (Å²) in [6, 6.07) is 17.5. The Bertz CT molecular complexity index is 1140. The number of para-hydroxylation sites is 1. The highest BCUT2D eigenvalue weighted by Gasteiger charge is 2.11. The average molecular weight is 405 g/mol. The number of amides is 1. The van der Waals surface area contributed by atoms with Gasteiger partial charge in [0.05, 0.1) is 15.8 Å². The van der Waals surface area contributed by atoms with Crippen LogP contribution in [0.4, 0.5) is 5.69 Å². The molecule has 0 radical (unpaired) electrons. The van der Waals surface area contributed by atoms with Gasteiger partial charge in [0.1, 0.15) is 5.01 Å². The number of pyridine rings is 1. The van der Waals surface area contributed by atoms with Crippen LogP contribution >= 0.6 is 23.6 Å². The van der Waals surface area contributed by atoms with E-state index in [9.17, 15) is 4.79 Å². The quantitative estimate of drug-likeness (QED) is 0.481. The smallest absolute Gasteiger partial charge is 0.258 e. The summed E-state index contributed by atoms with van der Waals surface area (Å²) in [5.41, 5.74) is 4.27. The second-order valence-corrected chi connectivity index (χ2v) is 7.61. The number of hydrogen-bond donors (Lipinski definition) is 2. The van der Waals surface area contributed by atoms with E-state index >= 15 is 0 Å². The maximum absolute atomic E-state index is 12.2. The molecule has 0 unspecified atom stereocenters. The molecule has 4 rings (SSSR count). The topological polar surface area (TPSA) is 66.9 Å². The first-order chi connectivity index (χ1) is 13.6. The number of anilines is 1. The van der Waals surface area contributed by atoms with Crippen molar-refractivity contribution in [2.24, 2.45) is 0 Å². The molecule has 0 aliphatic carbocycles. The van der Waals surface area contributed by atoms with Crippen LogP contribution in [0.1, 0.15) is 15.9 Å². The summed E-state index contributed by atoms with van der Waals surface area (Å²) < 4.78 is 1.15. The molecule has 2 N–H and O–H groups in total. The lowest BCUT2D eigenvalue weighted by atomic mass is 10.1. The Morgan fingerprint density at radius 3 is 2.75 bits per heavy atom. The molecule has 2 aromatic carbocycles. The first kappa shape index (κ1) is 18.2. The number of carbonyl (C=O) groups is 1. The summed E-state index contributed by atoms with van der Waals surface area (Å²) >= 11 is 6.95. The Morgan fingerprint density at radius 1 is 1.11 bits per heavy atom. The first-order valence-corrected chi connectivity index (χ1v) is 9.81. The molecule has 0 bridgehead atoms. The van der Waals surface area contributed by atoms with Crippen molar-refractivity contribution in [1.82, 2.24) is 15.3 Å². The molecule has 138 valence electrons. The van der Waals surface area contributed by atoms with Crippen LogP contribution in [0.5, 0.6) is 0 Å². The lowest BCUT2D eigenvalue weighted by Gasteiger charge is -2.12. The maximum atomic E-state index is 12.2. The number of thiocarbonyl (C=S) groups is 1. The molecule has 5 nitrogen and oxygen atoms in total. The normalized spacial score (nSPS) is 10.6. The van der Waals surface area contributed by atoms with Crippen molar-refractivity contribution in [2.75, 3.05) is 5.32 Å². The number of benzene rings is 2. The molecule has 0 atom stereocenters. The second kappa shape index (κ2) is 7.84. The molecule has 1 amide bonds. The predicted molar refractivity (Wildman–Crippen MR) is 118 cm³/mol. The zero-order chi connectivity index (χ0) is 19.5. The van der Waals surface area contributed by atoms with Crippen LogP contribution in [0.25, 0.3) is 20.8 Å². The standard InChI is InChI=1S/C21H16N4OS2/c1-13-8-9-14(20-23-16-6-2-3-7-18(16)28-20)11-17(13)24-21(27)25-19(26)15-5-4-10-22-12-15/h2-12H,1H3,(H2,24,25,26,27). The van der Waals surface area contributed by atoms with Gasteiger partial charge < -0.3 is 5.32 Å². The molecule has 28 heavy (non-hydrogen) atoms. The predicted octanol–water partition coefficient (Wildman–Crippen LogP) is 4.79. The molecular weight excluding hydrogens is 388 g/mol. The van der Waals surface area contributed by atoms with Gasteiger partial charge in [-0.3, -0.25) is 15.1 Å².